The molecule has 0 aliphatic carbocycles. The molecule has 0 spiro atoms. The monoisotopic (exact) mass is 725 g/mol. The molecular weight excluding hydrogens is 678 g/mol. The highest BCUT2D eigenvalue weighted by Gasteiger charge is 2.21. The number of fused-ring (bicyclic) bond motifs is 1. The van der Waals surface area contributed by atoms with Gasteiger partial charge in [-0.05, 0) is 90.7 Å². The van der Waals surface area contributed by atoms with Gasteiger partial charge in [-0.15, -0.1) is 0 Å². The number of carbonyl (C=O) groups is 3. The number of halogens is 1. The summed E-state index contributed by atoms with van der Waals surface area (Å²) in [5.41, 5.74) is 16.7. The number of hydrogen-bond donors (Lipinski definition) is 5. The van der Waals surface area contributed by atoms with E-state index in [1.165, 1.54) is 0 Å². The molecule has 0 unspecified atom stereocenters. The van der Waals surface area contributed by atoms with Crippen LogP contribution in [0.4, 0.5) is 21.2 Å². The minimum atomic E-state index is -0.792. The molecule has 0 radical (unpaired) electrons. The molecule has 1 aromatic heterocycles. The van der Waals surface area contributed by atoms with Gasteiger partial charge < -0.3 is 31.4 Å². The van der Waals surface area contributed by atoms with Crippen LogP contribution in [0.2, 0.25) is 5.15 Å². The van der Waals surface area contributed by atoms with Gasteiger partial charge in [-0.3, -0.25) is 20.4 Å². The number of nitrogens with zero attached hydrogens (tertiary/aromatic N) is 4. The van der Waals surface area contributed by atoms with Crippen molar-refractivity contribution in [3.63, 3.8) is 0 Å². The number of benzene rings is 2. The van der Waals surface area contributed by atoms with E-state index in [2.05, 4.69) is 42.7 Å². The summed E-state index contributed by atoms with van der Waals surface area (Å²) in [6, 6.07) is 12.0. The number of aromatic nitrogens is 2. The lowest BCUT2D eigenvalue weighted by Crippen LogP contribution is -2.38. The zero-order valence-electron chi connectivity index (χ0n) is 30.0. The second kappa shape index (κ2) is 18.2. The molecule has 0 aliphatic heterocycles. The van der Waals surface area contributed by atoms with E-state index in [0.717, 1.165) is 41.3 Å². The predicted octanol–water partition coefficient (Wildman–Crippen LogP) is 5.92. The summed E-state index contributed by atoms with van der Waals surface area (Å²) in [5, 5.41) is 6.94. The summed E-state index contributed by atoms with van der Waals surface area (Å²) < 4.78 is 16.8. The van der Waals surface area contributed by atoms with Gasteiger partial charge in [-0.2, -0.15) is 4.99 Å². The Morgan fingerprint density at radius 3 is 2.22 bits per heavy atom. The first-order valence-electron chi connectivity index (χ1n) is 16.6. The Kier molecular flexibility index (Phi) is 14.3. The fourth-order valence-electron chi connectivity index (χ4n) is 4.67. The maximum atomic E-state index is 12.4. The van der Waals surface area contributed by atoms with E-state index in [0.29, 0.717) is 32.4 Å². The number of aliphatic imine (C=N–C) groups is 2. The minimum absolute atomic E-state index is 0.0769. The van der Waals surface area contributed by atoms with Crippen LogP contribution in [-0.4, -0.2) is 64.2 Å². The van der Waals surface area contributed by atoms with Crippen LogP contribution < -0.4 is 32.6 Å². The Bertz CT molecular complexity index is 1770. The van der Waals surface area contributed by atoms with Crippen molar-refractivity contribution in [1.29, 1.82) is 0 Å². The summed E-state index contributed by atoms with van der Waals surface area (Å²) in [7, 11) is 0. The number of amidine groups is 1. The highest BCUT2D eigenvalue weighted by atomic mass is 35.5. The molecule has 3 rings (SSSR count). The molecule has 0 atom stereocenters. The molecule has 16 heteroatoms. The number of nitrogens with two attached hydrogens (primary N) is 3. The van der Waals surface area contributed by atoms with Gasteiger partial charge in [0.25, 0.3) is 5.91 Å². The first-order chi connectivity index (χ1) is 23.9. The van der Waals surface area contributed by atoms with E-state index in [-0.39, 0.29) is 34.3 Å². The molecule has 1 heterocycles. The Balaban J connectivity index is 1.52. The molecule has 276 valence electrons. The maximum absolute atomic E-state index is 12.4. The van der Waals surface area contributed by atoms with Gasteiger partial charge >= 0.3 is 12.2 Å². The number of ether oxygens (including phenoxy) is 3. The lowest BCUT2D eigenvalue weighted by Gasteiger charge is -2.20. The minimum Gasteiger partial charge on any atom is -0.493 e. The lowest BCUT2D eigenvalue weighted by atomic mass is 9.99. The van der Waals surface area contributed by atoms with E-state index >= 15 is 0 Å². The Morgan fingerprint density at radius 1 is 0.843 bits per heavy atom. The third kappa shape index (κ3) is 13.9. The summed E-state index contributed by atoms with van der Waals surface area (Å²) in [5.74, 6) is -0.101. The zero-order valence-corrected chi connectivity index (χ0v) is 30.7. The molecule has 8 N–H and O–H groups in total. The molecule has 0 saturated heterocycles. The smallest absolute Gasteiger partial charge is 0.435 e. The van der Waals surface area contributed by atoms with Crippen LogP contribution in [0.15, 0.2) is 46.4 Å². The van der Waals surface area contributed by atoms with Crippen molar-refractivity contribution in [1.82, 2.24) is 20.6 Å². The Morgan fingerprint density at radius 2 is 1.53 bits per heavy atom. The number of anilines is 2. The van der Waals surface area contributed by atoms with Gasteiger partial charge in [0.2, 0.25) is 0 Å². The molecule has 0 bridgehead atoms. The van der Waals surface area contributed by atoms with Gasteiger partial charge in [0.05, 0.1) is 6.61 Å². The average molecular weight is 726 g/mol. The number of nitrogens with one attached hydrogen (secondary N) is 2. The fourth-order valence-corrected chi connectivity index (χ4v) is 4.79. The number of amides is 3. The van der Waals surface area contributed by atoms with Gasteiger partial charge in [0, 0.05) is 18.4 Å². The summed E-state index contributed by atoms with van der Waals surface area (Å²) in [6.45, 7) is 11.3. The van der Waals surface area contributed by atoms with Gasteiger partial charge in [-0.1, -0.05) is 41.9 Å². The first kappa shape index (κ1) is 40.3. The van der Waals surface area contributed by atoms with Crippen LogP contribution >= 0.6 is 11.6 Å². The molecule has 0 saturated carbocycles. The predicted molar refractivity (Wildman–Crippen MR) is 199 cm³/mol. The molecule has 2 aromatic carbocycles. The number of carbonyl (C=O) groups excluding carboxylic acids is 3. The Hall–Kier alpha value is -5.18. The molecule has 51 heavy (non-hydrogen) atoms. The highest BCUT2D eigenvalue weighted by Crippen LogP contribution is 2.30. The van der Waals surface area contributed by atoms with Crippen molar-refractivity contribution in [2.24, 2.45) is 15.7 Å². The summed E-state index contributed by atoms with van der Waals surface area (Å²) in [4.78, 5) is 53.0. The number of rotatable bonds is 12. The maximum Gasteiger partial charge on any atom is 0.435 e. The van der Waals surface area contributed by atoms with Crippen LogP contribution in [-0.2, 0) is 15.9 Å². The van der Waals surface area contributed by atoms with Gasteiger partial charge in [0.1, 0.15) is 22.8 Å². The van der Waals surface area contributed by atoms with Crippen molar-refractivity contribution in [2.45, 2.75) is 91.3 Å². The summed E-state index contributed by atoms with van der Waals surface area (Å²) >= 11 is 5.84. The normalized spacial score (nSPS) is 12.4. The van der Waals surface area contributed by atoms with Crippen molar-refractivity contribution >= 4 is 63.9 Å². The molecule has 3 amide bonds. The van der Waals surface area contributed by atoms with Crippen molar-refractivity contribution in [3.05, 3.63) is 52.8 Å². The van der Waals surface area contributed by atoms with Crippen LogP contribution in [0.5, 0.6) is 5.75 Å². The third-order valence-electron chi connectivity index (χ3n) is 6.80. The number of guanidine groups is 1. The molecule has 0 fully saturated rings. The van der Waals surface area contributed by atoms with Crippen LogP contribution in [0.25, 0.3) is 10.8 Å². The van der Waals surface area contributed by atoms with Crippen molar-refractivity contribution < 1.29 is 28.6 Å². The molecule has 0 aliphatic rings. The quantitative estimate of drug-likeness (QED) is 0.0835. The van der Waals surface area contributed by atoms with Crippen LogP contribution in [0.3, 0.4) is 0 Å². The van der Waals surface area contributed by atoms with Crippen LogP contribution in [0.1, 0.15) is 89.7 Å². The van der Waals surface area contributed by atoms with Crippen molar-refractivity contribution in [3.8, 4) is 5.75 Å². The molecule has 15 nitrogen and oxygen atoms in total. The first-order valence-corrected chi connectivity index (χ1v) is 16.9. The average Bonchev–Trinajstić information content (AvgIpc) is 3.01. The number of hydrogen-bond acceptors (Lipinski definition) is 11. The van der Waals surface area contributed by atoms with E-state index in [1.807, 2.05) is 24.3 Å². The van der Waals surface area contributed by atoms with Gasteiger partial charge in [-0.25, -0.2) is 19.6 Å². The second-order valence-corrected chi connectivity index (χ2v) is 13.9. The van der Waals surface area contributed by atoms with E-state index < -0.39 is 29.3 Å². The van der Waals surface area contributed by atoms with E-state index in [4.69, 9.17) is 43.0 Å². The highest BCUT2D eigenvalue weighted by molar-refractivity contribution is 6.31. The van der Waals surface area contributed by atoms with Gasteiger partial charge in [0.15, 0.2) is 28.4 Å². The SMILES string of the molecule is CC(C)(C)OC(=O)N=C(CCCCOc1ccc(CCCCN=C(N)NC(=O)c2nc(Cl)c(N)nc2N)c2ccccc12)NC(=O)OC(C)(C)C. The van der Waals surface area contributed by atoms with E-state index in [1.54, 1.807) is 41.5 Å². The molecule has 3 aromatic rings. The van der Waals surface area contributed by atoms with Crippen molar-refractivity contribution in [2.75, 3.05) is 24.6 Å². The topological polar surface area (TPSA) is 232 Å². The number of aryl methyl sites for hydroxylation is 1. The van der Waals surface area contributed by atoms with Crippen LogP contribution in [0, 0.1) is 0 Å². The fraction of sp³-hybridized carbons (Fsp3) is 0.457. The summed E-state index contributed by atoms with van der Waals surface area (Å²) in [6.07, 6.45) is 2.39. The number of nitrogen functional groups attached to an aromatic ring is 2. The number of alkyl carbamates (subject to hydrolysis) is 1. The standard InChI is InChI=1S/C35H48ClN9O6/c1-34(2,3)50-32(47)41-25(42-33(48)51-35(4,5)6)16-10-12-20-49-24-18-17-21(22-14-7-8-15-23(22)24)13-9-11-19-40-31(39)45-30(46)26-28(37)44-29(38)27(36)43-26/h7-8,14-15,17-18H,9-13,16,19-20H2,1-6H3,(H4,37,38,44)(H3,39,40,45,46)(H,41,42,47,48). The second-order valence-electron chi connectivity index (χ2n) is 13.6. The number of unbranched alkanes of at least 4 members (excludes halogenated alkanes) is 2. The third-order valence-corrected chi connectivity index (χ3v) is 7.08. The molecular formula is C35H48ClN9O6. The Labute approximate surface area is 302 Å². The lowest BCUT2D eigenvalue weighted by molar-refractivity contribution is 0.0561. The largest absolute Gasteiger partial charge is 0.493 e. The zero-order chi connectivity index (χ0) is 37.8. The van der Waals surface area contributed by atoms with E-state index in [9.17, 15) is 14.4 Å².